The third-order valence-electron chi connectivity index (χ3n) is 1.52. The smallest absolute Gasteiger partial charge is 0.312 e. The fourth-order valence-electron chi connectivity index (χ4n) is 0.973. The highest BCUT2D eigenvalue weighted by Crippen LogP contribution is 2.35. The van der Waals surface area contributed by atoms with E-state index >= 15 is 0 Å². The Labute approximate surface area is 86.8 Å². The number of carbonyl (C=O) groups is 1. The molecule has 0 aliphatic carbocycles. The summed E-state index contributed by atoms with van der Waals surface area (Å²) in [6, 6.07) is 1.72. The Kier molecular flexibility index (Phi) is 3.18. The molecule has 0 atom stereocenters. The maximum atomic E-state index is 12.6. The van der Waals surface area contributed by atoms with Crippen LogP contribution in [0.3, 0.4) is 0 Å². The van der Waals surface area contributed by atoms with E-state index in [0.717, 1.165) is 0 Å². The molecule has 1 amide bonds. The molecule has 0 radical (unpaired) electrons. The van der Waals surface area contributed by atoms with Crippen molar-refractivity contribution in [3.63, 3.8) is 0 Å². The fourth-order valence-corrected chi connectivity index (χ4v) is 1.07. The monoisotopic (exact) mass is 241 g/mol. The molecule has 0 saturated heterocycles. The van der Waals surface area contributed by atoms with Crippen molar-refractivity contribution in [2.45, 2.75) is 6.18 Å². The number of rotatable bonds is 1. The van der Waals surface area contributed by atoms with Gasteiger partial charge in [0.2, 0.25) is 0 Å². The number of halogens is 5. The average molecular weight is 242 g/mol. The van der Waals surface area contributed by atoms with Crippen molar-refractivity contribution in [2.24, 2.45) is 0 Å². The minimum Gasteiger partial charge on any atom is -0.312 e. The van der Waals surface area contributed by atoms with Crippen LogP contribution in [0.1, 0.15) is 5.56 Å². The van der Waals surface area contributed by atoms with Crippen LogP contribution in [0, 0.1) is 5.82 Å². The number of carbonyl (C=O) groups excluding carboxylic acids is 1. The van der Waals surface area contributed by atoms with Crippen molar-refractivity contribution >= 4 is 22.7 Å². The Bertz CT molecular complexity index is 391. The highest BCUT2D eigenvalue weighted by Gasteiger charge is 2.33. The third kappa shape index (κ3) is 3.09. The Morgan fingerprint density at radius 1 is 1.33 bits per heavy atom. The lowest BCUT2D eigenvalue weighted by molar-refractivity contribution is -0.136. The minimum absolute atomic E-state index is 0.525. The van der Waals surface area contributed by atoms with Crippen LogP contribution in [0.25, 0.3) is 0 Å². The molecule has 1 aromatic carbocycles. The summed E-state index contributed by atoms with van der Waals surface area (Å²) in [5, 5.41) is 0.471. The minimum atomic E-state index is -4.68. The summed E-state index contributed by atoms with van der Waals surface area (Å²) in [5.74, 6) is -0.900. The Morgan fingerprint density at radius 2 is 1.93 bits per heavy atom. The first kappa shape index (κ1) is 11.8. The van der Waals surface area contributed by atoms with Gasteiger partial charge in [-0.3, -0.25) is 4.79 Å². The molecule has 82 valence electrons. The van der Waals surface area contributed by atoms with Gasteiger partial charge in [-0.2, -0.15) is 13.2 Å². The van der Waals surface area contributed by atoms with Gasteiger partial charge in [0, 0.05) is 0 Å². The number of hydrogen-bond acceptors (Lipinski definition) is 1. The molecule has 0 aliphatic rings. The van der Waals surface area contributed by atoms with Crippen LogP contribution in [0.2, 0.25) is 0 Å². The van der Waals surface area contributed by atoms with E-state index in [1.807, 2.05) is 0 Å². The molecule has 15 heavy (non-hydrogen) atoms. The molecule has 0 aliphatic heterocycles. The summed E-state index contributed by atoms with van der Waals surface area (Å²) in [6.45, 7) is 0. The first-order chi connectivity index (χ1) is 6.80. The quantitative estimate of drug-likeness (QED) is 0.454. The largest absolute Gasteiger partial charge is 0.418 e. The summed E-state index contributed by atoms with van der Waals surface area (Å²) in [6.07, 6.45) is -4.68. The van der Waals surface area contributed by atoms with Crippen molar-refractivity contribution in [1.29, 1.82) is 0 Å². The standard InChI is InChI=1S/C8H4ClF4NO/c9-7(15)14-6-3-4(10)1-2-5(6)8(11,12)13/h1-3H,(H,14,15). The van der Waals surface area contributed by atoms with E-state index in [1.165, 1.54) is 0 Å². The van der Waals surface area contributed by atoms with E-state index in [9.17, 15) is 22.4 Å². The van der Waals surface area contributed by atoms with Crippen LogP contribution < -0.4 is 5.32 Å². The van der Waals surface area contributed by atoms with Crippen LogP contribution in [-0.4, -0.2) is 5.37 Å². The van der Waals surface area contributed by atoms with Crippen molar-refractivity contribution in [1.82, 2.24) is 0 Å². The van der Waals surface area contributed by atoms with Crippen molar-refractivity contribution in [3.8, 4) is 0 Å². The SMILES string of the molecule is O=C(Cl)Nc1cc(F)ccc1C(F)(F)F. The fraction of sp³-hybridized carbons (Fsp3) is 0.125. The molecule has 2 nitrogen and oxygen atoms in total. The van der Waals surface area contributed by atoms with Crippen LogP contribution in [0.4, 0.5) is 28.0 Å². The molecule has 0 heterocycles. The zero-order chi connectivity index (χ0) is 11.6. The second-order valence-electron chi connectivity index (χ2n) is 2.59. The van der Waals surface area contributed by atoms with E-state index in [1.54, 1.807) is 5.32 Å². The average Bonchev–Trinajstić information content (AvgIpc) is 1.99. The van der Waals surface area contributed by atoms with E-state index in [2.05, 4.69) is 0 Å². The van der Waals surface area contributed by atoms with Gasteiger partial charge in [0.15, 0.2) is 0 Å². The van der Waals surface area contributed by atoms with Gasteiger partial charge in [0.1, 0.15) is 5.82 Å². The van der Waals surface area contributed by atoms with E-state index in [0.29, 0.717) is 18.2 Å². The van der Waals surface area contributed by atoms with Crippen LogP contribution in [0.5, 0.6) is 0 Å². The predicted molar refractivity (Wildman–Crippen MR) is 46.3 cm³/mol. The van der Waals surface area contributed by atoms with Crippen molar-refractivity contribution in [3.05, 3.63) is 29.6 Å². The molecule has 0 saturated carbocycles. The van der Waals surface area contributed by atoms with Gasteiger partial charge in [-0.25, -0.2) is 4.39 Å². The van der Waals surface area contributed by atoms with Crippen LogP contribution in [-0.2, 0) is 6.18 Å². The number of amides is 1. The predicted octanol–water partition coefficient (Wildman–Crippen LogP) is 3.62. The summed E-state index contributed by atoms with van der Waals surface area (Å²) >= 11 is 4.85. The first-order valence-corrected chi connectivity index (χ1v) is 4.02. The molecule has 0 unspecified atom stereocenters. The number of hydrogen-bond donors (Lipinski definition) is 1. The van der Waals surface area contributed by atoms with E-state index in [-0.39, 0.29) is 0 Å². The number of benzene rings is 1. The molecule has 0 spiro atoms. The van der Waals surface area contributed by atoms with Crippen molar-refractivity contribution in [2.75, 3.05) is 5.32 Å². The Morgan fingerprint density at radius 3 is 2.40 bits per heavy atom. The lowest BCUT2D eigenvalue weighted by Crippen LogP contribution is -2.12. The summed E-state index contributed by atoms with van der Waals surface area (Å²) in [7, 11) is 0. The third-order valence-corrected chi connectivity index (χ3v) is 1.61. The lowest BCUT2D eigenvalue weighted by atomic mass is 10.1. The normalized spacial score (nSPS) is 11.3. The maximum absolute atomic E-state index is 12.6. The molecule has 0 aromatic heterocycles. The number of nitrogens with one attached hydrogen (secondary N) is 1. The molecule has 1 rings (SSSR count). The molecule has 7 heteroatoms. The molecule has 1 aromatic rings. The van der Waals surface area contributed by atoms with E-state index in [4.69, 9.17) is 11.6 Å². The van der Waals surface area contributed by atoms with Gasteiger partial charge < -0.3 is 5.32 Å². The van der Waals surface area contributed by atoms with Crippen LogP contribution >= 0.6 is 11.6 Å². The Balaban J connectivity index is 3.20. The second-order valence-corrected chi connectivity index (χ2v) is 2.93. The topological polar surface area (TPSA) is 29.1 Å². The highest BCUT2D eigenvalue weighted by atomic mass is 35.5. The van der Waals surface area contributed by atoms with Crippen molar-refractivity contribution < 1.29 is 22.4 Å². The number of alkyl halides is 3. The van der Waals surface area contributed by atoms with Crippen LogP contribution in [0.15, 0.2) is 18.2 Å². The van der Waals surface area contributed by atoms with Gasteiger partial charge in [-0.15, -0.1) is 0 Å². The Hall–Kier alpha value is -1.30. The zero-order valence-electron chi connectivity index (χ0n) is 7.03. The molecular formula is C8H4ClF4NO. The zero-order valence-corrected chi connectivity index (χ0v) is 7.79. The maximum Gasteiger partial charge on any atom is 0.418 e. The van der Waals surface area contributed by atoms with Gasteiger partial charge in [-0.05, 0) is 29.8 Å². The number of anilines is 1. The van der Waals surface area contributed by atoms with E-state index < -0.39 is 28.6 Å². The molecule has 0 bridgehead atoms. The summed E-state index contributed by atoms with van der Waals surface area (Å²) in [5.41, 5.74) is -1.86. The van der Waals surface area contributed by atoms with Gasteiger partial charge in [0.25, 0.3) is 0 Å². The summed E-state index contributed by atoms with van der Waals surface area (Å²) in [4.78, 5) is 10.4. The second kappa shape index (κ2) is 4.06. The summed E-state index contributed by atoms with van der Waals surface area (Å²) < 4.78 is 49.6. The van der Waals surface area contributed by atoms with Gasteiger partial charge in [0.05, 0.1) is 11.3 Å². The van der Waals surface area contributed by atoms with Gasteiger partial charge >= 0.3 is 11.5 Å². The molecule has 0 fully saturated rings. The molecular weight excluding hydrogens is 238 g/mol. The molecule has 1 N–H and O–H groups in total. The highest BCUT2D eigenvalue weighted by molar-refractivity contribution is 6.65. The lowest BCUT2D eigenvalue weighted by Gasteiger charge is -2.12. The first-order valence-electron chi connectivity index (χ1n) is 3.64. The van der Waals surface area contributed by atoms with Gasteiger partial charge in [-0.1, -0.05) is 0 Å².